The van der Waals surface area contributed by atoms with Crippen molar-refractivity contribution in [1.82, 2.24) is 9.13 Å². The van der Waals surface area contributed by atoms with Gasteiger partial charge in [0.1, 0.15) is 0 Å². The molecule has 210 valence electrons. The minimum Gasteiger partial charge on any atom is -0.309 e. The van der Waals surface area contributed by atoms with E-state index in [1.54, 1.807) is 0 Å². The van der Waals surface area contributed by atoms with Crippen LogP contribution < -0.4 is 4.90 Å². The number of nitrogens with zero attached hydrogens (tertiary/aromatic N) is 3. The highest BCUT2D eigenvalue weighted by atomic mass is 15.2. The van der Waals surface area contributed by atoms with Crippen LogP contribution >= 0.6 is 0 Å². The number of para-hydroxylation sites is 6. The molecule has 3 heteroatoms. The molecule has 3 heterocycles. The van der Waals surface area contributed by atoms with Crippen molar-refractivity contribution in [3.63, 3.8) is 0 Å². The molecule has 0 aliphatic carbocycles. The van der Waals surface area contributed by atoms with Crippen LogP contribution in [0.1, 0.15) is 0 Å². The highest BCUT2D eigenvalue weighted by Gasteiger charge is 2.29. The normalized spacial score (nSPS) is 12.4. The van der Waals surface area contributed by atoms with Gasteiger partial charge in [-0.1, -0.05) is 91.0 Å². The van der Waals surface area contributed by atoms with Crippen molar-refractivity contribution in [1.29, 1.82) is 0 Å². The summed E-state index contributed by atoms with van der Waals surface area (Å²) in [7, 11) is 0. The van der Waals surface area contributed by atoms with Gasteiger partial charge in [0.15, 0.2) is 0 Å². The number of hydrogen-bond acceptors (Lipinski definition) is 1. The van der Waals surface area contributed by atoms with Gasteiger partial charge in [0.2, 0.25) is 0 Å². The molecule has 0 unspecified atom stereocenters. The van der Waals surface area contributed by atoms with E-state index in [4.69, 9.17) is 0 Å². The molecule has 0 spiro atoms. The zero-order valence-corrected chi connectivity index (χ0v) is 24.4. The predicted octanol–water partition coefficient (Wildman–Crippen LogP) is 11.3. The molecular formula is C42H27N3. The van der Waals surface area contributed by atoms with Crippen molar-refractivity contribution < 1.29 is 0 Å². The largest absolute Gasteiger partial charge is 0.309 e. The Morgan fingerprint density at radius 1 is 0.311 bits per heavy atom. The van der Waals surface area contributed by atoms with Crippen LogP contribution in [0.15, 0.2) is 164 Å². The van der Waals surface area contributed by atoms with Gasteiger partial charge < -0.3 is 14.0 Å². The molecule has 0 bridgehead atoms. The van der Waals surface area contributed by atoms with Crippen LogP contribution in [0.4, 0.5) is 17.1 Å². The Hall–Kier alpha value is -6.06. The maximum atomic E-state index is 2.45. The molecule has 0 radical (unpaired) electrons. The van der Waals surface area contributed by atoms with Crippen LogP contribution in [-0.4, -0.2) is 9.13 Å². The molecule has 45 heavy (non-hydrogen) atoms. The highest BCUT2D eigenvalue weighted by molar-refractivity contribution is 6.18. The Morgan fingerprint density at radius 3 is 1.62 bits per heavy atom. The zero-order valence-electron chi connectivity index (χ0n) is 24.4. The SMILES string of the molecule is c1ccc(N2c3ccccc3-n3c4ccccc4c4cc(-c5ccc6c(c5)c5ccccc5n6-c5ccccc5)cc2c43)cc1. The fourth-order valence-corrected chi connectivity index (χ4v) is 7.50. The minimum absolute atomic E-state index is 1.15. The standard InChI is InChI=1S/C42H27N3/c1-3-13-30(14-4-1)43-36-19-9-7-17-32(36)34-25-28(23-24-38(34)43)29-26-35-33-18-8-10-20-37(33)45-40-22-12-11-21-39(40)44(41(27-29)42(35)45)31-15-5-2-6-16-31/h1-27H. The lowest BCUT2D eigenvalue weighted by Gasteiger charge is -2.33. The van der Waals surface area contributed by atoms with Gasteiger partial charge in [-0.15, -0.1) is 0 Å². The van der Waals surface area contributed by atoms with Crippen LogP contribution in [0.2, 0.25) is 0 Å². The van der Waals surface area contributed by atoms with Gasteiger partial charge in [-0.25, -0.2) is 0 Å². The van der Waals surface area contributed by atoms with E-state index in [1.807, 2.05) is 0 Å². The molecule has 3 nitrogen and oxygen atoms in total. The van der Waals surface area contributed by atoms with Gasteiger partial charge in [-0.3, -0.25) is 0 Å². The van der Waals surface area contributed by atoms with Gasteiger partial charge in [0.05, 0.1) is 39.1 Å². The monoisotopic (exact) mass is 573 g/mol. The minimum atomic E-state index is 1.15. The van der Waals surface area contributed by atoms with E-state index in [9.17, 15) is 0 Å². The number of fused-ring (bicyclic) bond motifs is 8. The first-order valence-corrected chi connectivity index (χ1v) is 15.5. The van der Waals surface area contributed by atoms with E-state index < -0.39 is 0 Å². The Morgan fingerprint density at radius 2 is 0.867 bits per heavy atom. The first kappa shape index (κ1) is 24.4. The van der Waals surface area contributed by atoms with Crippen LogP contribution in [0.25, 0.3) is 66.1 Å². The van der Waals surface area contributed by atoms with Crippen LogP contribution in [0, 0.1) is 0 Å². The van der Waals surface area contributed by atoms with Gasteiger partial charge in [0.25, 0.3) is 0 Å². The maximum Gasteiger partial charge on any atom is 0.0783 e. The summed E-state index contributed by atoms with van der Waals surface area (Å²) in [5.41, 5.74) is 13.2. The van der Waals surface area contributed by atoms with Crippen molar-refractivity contribution in [2.75, 3.05) is 4.90 Å². The predicted molar refractivity (Wildman–Crippen MR) is 189 cm³/mol. The van der Waals surface area contributed by atoms with E-state index in [-0.39, 0.29) is 0 Å². The highest BCUT2D eigenvalue weighted by Crippen LogP contribution is 2.51. The Kier molecular flexibility index (Phi) is 5.00. The van der Waals surface area contributed by atoms with Crippen molar-refractivity contribution in [2.45, 2.75) is 0 Å². The lowest BCUT2D eigenvalue weighted by molar-refractivity contribution is 1.11. The first-order valence-electron chi connectivity index (χ1n) is 15.5. The molecule has 0 atom stereocenters. The van der Waals surface area contributed by atoms with Gasteiger partial charge in [-0.05, 0) is 83.9 Å². The molecule has 1 aliphatic rings. The molecule has 9 aromatic rings. The van der Waals surface area contributed by atoms with Crippen LogP contribution in [0.5, 0.6) is 0 Å². The Bertz CT molecular complexity index is 2590. The maximum absolute atomic E-state index is 2.45. The average Bonchev–Trinajstić information content (AvgIpc) is 3.63. The molecule has 0 N–H and O–H groups in total. The van der Waals surface area contributed by atoms with Gasteiger partial charge in [0, 0.05) is 32.9 Å². The Labute approximate surface area is 260 Å². The molecule has 7 aromatic carbocycles. The lowest BCUT2D eigenvalue weighted by Crippen LogP contribution is -2.18. The second kappa shape index (κ2) is 9.22. The summed E-state index contributed by atoms with van der Waals surface area (Å²) in [6.07, 6.45) is 0. The number of aromatic nitrogens is 2. The van der Waals surface area contributed by atoms with Crippen LogP contribution in [0.3, 0.4) is 0 Å². The fraction of sp³-hybridized carbons (Fsp3) is 0. The second-order valence-electron chi connectivity index (χ2n) is 11.8. The first-order chi connectivity index (χ1) is 22.3. The summed E-state index contributed by atoms with van der Waals surface area (Å²) >= 11 is 0. The van der Waals surface area contributed by atoms with E-state index >= 15 is 0 Å². The van der Waals surface area contributed by atoms with Crippen LogP contribution in [-0.2, 0) is 0 Å². The summed E-state index contributed by atoms with van der Waals surface area (Å²) in [5, 5.41) is 5.05. The Balaban J connectivity index is 1.29. The quantitative estimate of drug-likeness (QED) is 0.205. The summed E-state index contributed by atoms with van der Waals surface area (Å²) in [6, 6.07) is 59.5. The number of hydrogen-bond donors (Lipinski definition) is 0. The zero-order chi connectivity index (χ0) is 29.5. The number of rotatable bonds is 3. The lowest BCUT2D eigenvalue weighted by atomic mass is 9.98. The number of benzene rings is 7. The third-order valence-corrected chi connectivity index (χ3v) is 9.39. The topological polar surface area (TPSA) is 13.1 Å². The summed E-state index contributed by atoms with van der Waals surface area (Å²) < 4.78 is 4.83. The van der Waals surface area contributed by atoms with Crippen molar-refractivity contribution in [2.24, 2.45) is 0 Å². The van der Waals surface area contributed by atoms with Gasteiger partial charge >= 0.3 is 0 Å². The summed E-state index contributed by atoms with van der Waals surface area (Å²) in [5.74, 6) is 0. The second-order valence-corrected chi connectivity index (χ2v) is 11.8. The van der Waals surface area contributed by atoms with E-state index in [0.29, 0.717) is 0 Å². The third kappa shape index (κ3) is 3.41. The van der Waals surface area contributed by atoms with Gasteiger partial charge in [-0.2, -0.15) is 0 Å². The van der Waals surface area contributed by atoms with Crippen molar-refractivity contribution in [3.05, 3.63) is 164 Å². The molecular weight excluding hydrogens is 546 g/mol. The van der Waals surface area contributed by atoms with E-state index in [2.05, 4.69) is 178 Å². The summed E-state index contributed by atoms with van der Waals surface area (Å²) in [4.78, 5) is 2.43. The molecule has 0 fully saturated rings. The molecule has 0 amide bonds. The fourth-order valence-electron chi connectivity index (χ4n) is 7.50. The molecule has 0 saturated heterocycles. The average molecular weight is 574 g/mol. The molecule has 2 aromatic heterocycles. The molecule has 0 saturated carbocycles. The van der Waals surface area contributed by atoms with E-state index in [1.165, 1.54) is 77.5 Å². The van der Waals surface area contributed by atoms with Crippen molar-refractivity contribution in [3.8, 4) is 22.5 Å². The van der Waals surface area contributed by atoms with Crippen molar-refractivity contribution >= 4 is 60.7 Å². The molecule has 10 rings (SSSR count). The molecule has 1 aliphatic heterocycles. The smallest absolute Gasteiger partial charge is 0.0783 e. The number of anilines is 3. The summed E-state index contributed by atoms with van der Waals surface area (Å²) in [6.45, 7) is 0. The van der Waals surface area contributed by atoms with E-state index in [0.717, 1.165) is 5.69 Å². The third-order valence-electron chi connectivity index (χ3n) is 9.39.